The average Bonchev–Trinajstić information content (AvgIpc) is 2.35. The molecule has 1 heterocycles. The lowest BCUT2D eigenvalue weighted by Gasteiger charge is -2.17. The molecule has 2 amide bonds. The summed E-state index contributed by atoms with van der Waals surface area (Å²) in [6.45, 7) is 0.0608. The fourth-order valence-corrected chi connectivity index (χ4v) is 1.82. The fourth-order valence-electron chi connectivity index (χ4n) is 1.22. The van der Waals surface area contributed by atoms with Crippen molar-refractivity contribution in [2.24, 2.45) is 0 Å². The van der Waals surface area contributed by atoms with E-state index < -0.39 is 21.8 Å². The van der Waals surface area contributed by atoms with Gasteiger partial charge in [-0.1, -0.05) is 0 Å². The van der Waals surface area contributed by atoms with Crippen LogP contribution in [0.4, 0.5) is 10.5 Å². The Hall–Kier alpha value is -2.16. The molecule has 1 rings (SSSR count). The number of hydrogen-bond donors (Lipinski definition) is 2. The molecule has 110 valence electrons. The van der Waals surface area contributed by atoms with Crippen molar-refractivity contribution in [1.29, 1.82) is 0 Å². The first kappa shape index (κ1) is 15.9. The normalized spacial score (nSPS) is 10.9. The Morgan fingerprint density at radius 3 is 2.50 bits per heavy atom. The Kier molecular flexibility index (Phi) is 5.03. The predicted molar refractivity (Wildman–Crippen MR) is 72.6 cm³/mol. The molecule has 0 bridgehead atoms. The van der Waals surface area contributed by atoms with E-state index in [4.69, 9.17) is 5.11 Å². The number of hydrogen-bond acceptors (Lipinski definition) is 5. The van der Waals surface area contributed by atoms with E-state index in [0.717, 1.165) is 6.26 Å². The Balaban J connectivity index is 2.59. The molecule has 0 saturated heterocycles. The third-order valence-electron chi connectivity index (χ3n) is 2.38. The fraction of sp³-hybridized carbons (Fsp3) is 0.364. The molecule has 0 saturated carbocycles. The van der Waals surface area contributed by atoms with Crippen molar-refractivity contribution in [2.45, 2.75) is 0 Å². The zero-order chi connectivity index (χ0) is 15.3. The largest absolute Gasteiger partial charge is 0.477 e. The van der Waals surface area contributed by atoms with Gasteiger partial charge in [0.25, 0.3) is 0 Å². The van der Waals surface area contributed by atoms with Crippen LogP contribution in [0.25, 0.3) is 0 Å². The van der Waals surface area contributed by atoms with Gasteiger partial charge in [0, 0.05) is 19.8 Å². The summed E-state index contributed by atoms with van der Waals surface area (Å²) < 4.78 is 22.0. The average molecular weight is 301 g/mol. The highest BCUT2D eigenvalue weighted by Gasteiger charge is 2.12. The zero-order valence-corrected chi connectivity index (χ0v) is 11.8. The summed E-state index contributed by atoms with van der Waals surface area (Å²) in [5.74, 6) is -1.29. The molecule has 1 aromatic heterocycles. The van der Waals surface area contributed by atoms with Crippen molar-refractivity contribution < 1.29 is 23.1 Å². The number of sulfone groups is 1. The van der Waals surface area contributed by atoms with Crippen LogP contribution in [-0.4, -0.2) is 61.0 Å². The highest BCUT2D eigenvalue weighted by Crippen LogP contribution is 2.07. The van der Waals surface area contributed by atoms with E-state index in [1.807, 2.05) is 0 Å². The molecule has 0 unspecified atom stereocenters. The number of nitrogens with one attached hydrogen (secondary N) is 1. The molecule has 0 aliphatic carbocycles. The van der Waals surface area contributed by atoms with Gasteiger partial charge in [0.1, 0.15) is 15.5 Å². The monoisotopic (exact) mass is 301 g/mol. The summed E-state index contributed by atoms with van der Waals surface area (Å²) in [5, 5.41) is 11.2. The van der Waals surface area contributed by atoms with E-state index in [1.54, 1.807) is 0 Å². The van der Waals surface area contributed by atoms with E-state index in [2.05, 4.69) is 10.3 Å². The van der Waals surface area contributed by atoms with E-state index in [1.165, 1.54) is 30.3 Å². The van der Waals surface area contributed by atoms with Crippen LogP contribution in [0.5, 0.6) is 0 Å². The summed E-state index contributed by atoms with van der Waals surface area (Å²) in [6, 6.07) is 2.16. The van der Waals surface area contributed by atoms with Gasteiger partial charge in [0.15, 0.2) is 0 Å². The Morgan fingerprint density at radius 1 is 1.40 bits per heavy atom. The number of carbonyl (C=O) groups excluding carboxylic acids is 1. The Bertz CT molecular complexity index is 597. The maximum Gasteiger partial charge on any atom is 0.354 e. The van der Waals surface area contributed by atoms with Crippen LogP contribution < -0.4 is 5.32 Å². The third kappa shape index (κ3) is 5.22. The molecule has 1 aromatic rings. The summed E-state index contributed by atoms with van der Waals surface area (Å²) >= 11 is 0. The van der Waals surface area contributed by atoms with E-state index in [9.17, 15) is 18.0 Å². The van der Waals surface area contributed by atoms with Gasteiger partial charge in [0.05, 0.1) is 17.6 Å². The van der Waals surface area contributed by atoms with Crippen LogP contribution in [0, 0.1) is 0 Å². The number of rotatable bonds is 5. The van der Waals surface area contributed by atoms with Gasteiger partial charge in [-0.2, -0.15) is 0 Å². The highest BCUT2D eigenvalue weighted by atomic mass is 32.2. The van der Waals surface area contributed by atoms with Gasteiger partial charge in [-0.25, -0.2) is 23.0 Å². The third-order valence-corrected chi connectivity index (χ3v) is 3.30. The minimum Gasteiger partial charge on any atom is -0.477 e. The van der Waals surface area contributed by atoms with Gasteiger partial charge in [-0.05, 0) is 12.1 Å². The maximum absolute atomic E-state index is 11.7. The van der Waals surface area contributed by atoms with Crippen LogP contribution in [0.2, 0.25) is 0 Å². The number of pyridine rings is 1. The maximum atomic E-state index is 11.7. The lowest BCUT2D eigenvalue weighted by molar-refractivity contribution is 0.0690. The van der Waals surface area contributed by atoms with Crippen LogP contribution in [0.15, 0.2) is 18.3 Å². The van der Waals surface area contributed by atoms with Crippen LogP contribution in [-0.2, 0) is 9.84 Å². The summed E-state index contributed by atoms with van der Waals surface area (Å²) in [7, 11) is -1.68. The van der Waals surface area contributed by atoms with Gasteiger partial charge in [-0.3, -0.25) is 0 Å². The van der Waals surface area contributed by atoms with Crippen molar-refractivity contribution in [1.82, 2.24) is 9.88 Å². The second-order valence-electron chi connectivity index (χ2n) is 4.22. The molecule has 0 atom stereocenters. The second kappa shape index (κ2) is 6.33. The number of carbonyl (C=O) groups is 2. The quantitative estimate of drug-likeness (QED) is 0.807. The van der Waals surface area contributed by atoms with E-state index in [0.29, 0.717) is 5.69 Å². The van der Waals surface area contributed by atoms with Crippen molar-refractivity contribution in [2.75, 3.05) is 30.9 Å². The van der Waals surface area contributed by atoms with E-state index in [-0.39, 0.29) is 18.0 Å². The predicted octanol–water partition coefficient (Wildman–Crippen LogP) is 0.288. The number of anilines is 1. The lowest BCUT2D eigenvalue weighted by atomic mass is 10.3. The van der Waals surface area contributed by atoms with Crippen LogP contribution >= 0.6 is 0 Å². The molecular weight excluding hydrogens is 286 g/mol. The number of carboxylic acid groups (broad SMARTS) is 1. The molecule has 0 spiro atoms. The molecule has 9 heteroatoms. The number of amides is 2. The number of aromatic carboxylic acids is 1. The number of carboxylic acids is 1. The van der Waals surface area contributed by atoms with Crippen molar-refractivity contribution in [3.05, 3.63) is 24.0 Å². The smallest absolute Gasteiger partial charge is 0.354 e. The van der Waals surface area contributed by atoms with Gasteiger partial charge >= 0.3 is 12.0 Å². The zero-order valence-electron chi connectivity index (χ0n) is 11.0. The SMILES string of the molecule is CN(CCS(C)(=O)=O)C(=O)Nc1ccc(C(=O)O)nc1. The van der Waals surface area contributed by atoms with Crippen molar-refractivity contribution in [3.8, 4) is 0 Å². The van der Waals surface area contributed by atoms with Crippen LogP contribution in [0.1, 0.15) is 10.5 Å². The molecule has 0 aliphatic rings. The Morgan fingerprint density at radius 2 is 2.05 bits per heavy atom. The first-order valence-corrected chi connectivity index (χ1v) is 7.64. The van der Waals surface area contributed by atoms with Gasteiger partial charge < -0.3 is 15.3 Å². The van der Waals surface area contributed by atoms with E-state index >= 15 is 0 Å². The number of aromatic nitrogens is 1. The molecule has 8 nitrogen and oxygen atoms in total. The summed E-state index contributed by atoms with van der Waals surface area (Å²) in [6.07, 6.45) is 2.30. The molecule has 2 N–H and O–H groups in total. The highest BCUT2D eigenvalue weighted by molar-refractivity contribution is 7.90. The van der Waals surface area contributed by atoms with Gasteiger partial charge in [-0.15, -0.1) is 0 Å². The minimum atomic E-state index is -3.14. The first-order chi connectivity index (χ1) is 9.19. The molecule has 0 aliphatic heterocycles. The molecule has 20 heavy (non-hydrogen) atoms. The molecular formula is C11H15N3O5S. The second-order valence-corrected chi connectivity index (χ2v) is 6.48. The van der Waals surface area contributed by atoms with Crippen molar-refractivity contribution in [3.63, 3.8) is 0 Å². The number of nitrogens with zero attached hydrogens (tertiary/aromatic N) is 2. The Labute approximate surface area is 116 Å². The molecule has 0 radical (unpaired) electrons. The standard InChI is InChI=1S/C11H15N3O5S/c1-14(5-6-20(2,18)19)11(17)13-8-3-4-9(10(15)16)12-7-8/h3-4,7H,5-6H2,1-2H3,(H,13,17)(H,15,16). The molecule has 0 aromatic carbocycles. The minimum absolute atomic E-state index is 0.0608. The summed E-state index contributed by atoms with van der Waals surface area (Å²) in [5.41, 5.74) is 0.194. The topological polar surface area (TPSA) is 117 Å². The first-order valence-electron chi connectivity index (χ1n) is 5.58. The summed E-state index contributed by atoms with van der Waals surface area (Å²) in [4.78, 5) is 27.2. The van der Waals surface area contributed by atoms with Gasteiger partial charge in [0.2, 0.25) is 0 Å². The molecule has 0 fully saturated rings. The lowest BCUT2D eigenvalue weighted by Crippen LogP contribution is -2.34. The van der Waals surface area contributed by atoms with Crippen LogP contribution in [0.3, 0.4) is 0 Å². The van der Waals surface area contributed by atoms with Crippen molar-refractivity contribution >= 4 is 27.5 Å². The number of urea groups is 1.